The highest BCUT2D eigenvalue weighted by Gasteiger charge is 2.34. The molecule has 0 aromatic carbocycles. The molecule has 0 aliphatic heterocycles. The number of hydrogen-bond donors (Lipinski definition) is 0. The fourth-order valence-electron chi connectivity index (χ4n) is 2.19. The molecule has 0 amide bonds. The molecule has 0 radical (unpaired) electrons. The van der Waals surface area contributed by atoms with E-state index in [0.29, 0.717) is 17.3 Å². The van der Waals surface area contributed by atoms with Crippen molar-refractivity contribution in [2.24, 2.45) is 17.3 Å². The van der Waals surface area contributed by atoms with Crippen LogP contribution in [-0.2, 0) is 0 Å². The van der Waals surface area contributed by atoms with Gasteiger partial charge in [-0.2, -0.15) is 0 Å². The van der Waals surface area contributed by atoms with Gasteiger partial charge in [0.15, 0.2) is 0 Å². The van der Waals surface area contributed by atoms with E-state index >= 15 is 0 Å². The lowest BCUT2D eigenvalue weighted by molar-refractivity contribution is 0.194. The predicted octanol–water partition coefficient (Wildman–Crippen LogP) is 4.19. The molecular weight excluding hydrogens is 156 g/mol. The average molecular weight is 178 g/mol. The first-order valence-electron chi connectivity index (χ1n) is 5.36. The van der Waals surface area contributed by atoms with Crippen molar-refractivity contribution in [3.8, 4) is 0 Å². The normalized spacial score (nSPS) is 17.3. The minimum Gasteiger partial charge on any atom is -0.0804 e. The quantitative estimate of drug-likeness (QED) is 0.608. The molecule has 1 rings (SSSR count). The van der Waals surface area contributed by atoms with Crippen LogP contribution < -0.4 is 0 Å². The van der Waals surface area contributed by atoms with Crippen LogP contribution in [0.4, 0.5) is 0 Å². The Labute approximate surface area is 82.7 Å². The zero-order chi connectivity index (χ0) is 10.1. The van der Waals surface area contributed by atoms with E-state index in [-0.39, 0.29) is 0 Å². The van der Waals surface area contributed by atoms with E-state index in [1.165, 1.54) is 5.57 Å². The molecule has 1 aliphatic rings. The summed E-state index contributed by atoms with van der Waals surface area (Å²) in [5.74, 6) is 1.42. The molecule has 1 aliphatic carbocycles. The van der Waals surface area contributed by atoms with E-state index in [4.69, 9.17) is 0 Å². The van der Waals surface area contributed by atoms with Gasteiger partial charge in [0.25, 0.3) is 0 Å². The summed E-state index contributed by atoms with van der Waals surface area (Å²) in [6, 6.07) is 0. The van der Waals surface area contributed by atoms with Gasteiger partial charge in [0.1, 0.15) is 0 Å². The summed E-state index contributed by atoms with van der Waals surface area (Å²) in [5, 5.41) is 0. The van der Waals surface area contributed by atoms with E-state index in [1.807, 2.05) is 0 Å². The summed E-state index contributed by atoms with van der Waals surface area (Å²) in [6.45, 7) is 11.7. The lowest BCUT2D eigenvalue weighted by Gasteiger charge is -2.39. The van der Waals surface area contributed by atoms with Gasteiger partial charge in [0.2, 0.25) is 0 Å². The first-order chi connectivity index (χ1) is 5.99. The molecule has 0 saturated heterocycles. The molecular formula is C13H22. The van der Waals surface area contributed by atoms with Crippen molar-refractivity contribution in [3.05, 3.63) is 23.8 Å². The molecule has 0 aromatic rings. The third kappa shape index (κ3) is 1.72. The Bertz CT molecular complexity index is 220. The monoisotopic (exact) mass is 178 g/mol. The Morgan fingerprint density at radius 2 is 1.69 bits per heavy atom. The van der Waals surface area contributed by atoms with Crippen LogP contribution in [0.15, 0.2) is 23.8 Å². The van der Waals surface area contributed by atoms with Crippen molar-refractivity contribution in [2.75, 3.05) is 0 Å². The van der Waals surface area contributed by atoms with E-state index in [0.717, 1.165) is 6.42 Å². The second-order valence-electron chi connectivity index (χ2n) is 4.89. The van der Waals surface area contributed by atoms with Gasteiger partial charge in [-0.1, -0.05) is 52.8 Å². The standard InChI is InChI=1S/C13H22/c1-10(2)13(5,11(3)4)12-8-6-7-9-12/h6,8-11H,7H2,1-5H3. The van der Waals surface area contributed by atoms with E-state index < -0.39 is 0 Å². The summed E-state index contributed by atoms with van der Waals surface area (Å²) < 4.78 is 0. The Kier molecular flexibility index (Phi) is 3.00. The van der Waals surface area contributed by atoms with Gasteiger partial charge in [-0.25, -0.2) is 0 Å². The minimum atomic E-state index is 0.354. The Morgan fingerprint density at radius 1 is 1.15 bits per heavy atom. The number of allylic oxidation sites excluding steroid dienone is 4. The molecule has 0 bridgehead atoms. The first-order valence-corrected chi connectivity index (χ1v) is 5.36. The van der Waals surface area contributed by atoms with Crippen LogP contribution >= 0.6 is 0 Å². The van der Waals surface area contributed by atoms with Crippen LogP contribution in [0.1, 0.15) is 41.0 Å². The van der Waals surface area contributed by atoms with Gasteiger partial charge in [-0.05, 0) is 29.2 Å². The molecule has 0 heteroatoms. The third-order valence-corrected chi connectivity index (χ3v) is 3.79. The third-order valence-electron chi connectivity index (χ3n) is 3.79. The molecule has 0 aromatic heterocycles. The van der Waals surface area contributed by atoms with Crippen molar-refractivity contribution < 1.29 is 0 Å². The van der Waals surface area contributed by atoms with E-state index in [9.17, 15) is 0 Å². The van der Waals surface area contributed by atoms with Gasteiger partial charge in [-0.3, -0.25) is 0 Å². The van der Waals surface area contributed by atoms with Crippen LogP contribution in [0.25, 0.3) is 0 Å². The van der Waals surface area contributed by atoms with Gasteiger partial charge in [0.05, 0.1) is 0 Å². The smallest absolute Gasteiger partial charge is 0.00325 e. The molecule has 0 heterocycles. The average Bonchev–Trinajstić information content (AvgIpc) is 2.54. The number of hydrogen-bond acceptors (Lipinski definition) is 0. The Balaban J connectivity index is 2.97. The van der Waals surface area contributed by atoms with Crippen molar-refractivity contribution in [3.63, 3.8) is 0 Å². The van der Waals surface area contributed by atoms with Crippen molar-refractivity contribution in [2.45, 2.75) is 41.0 Å². The lowest BCUT2D eigenvalue weighted by atomic mass is 9.66. The summed E-state index contributed by atoms with van der Waals surface area (Å²) in [7, 11) is 0. The molecule has 0 saturated carbocycles. The molecule has 74 valence electrons. The van der Waals surface area contributed by atoms with E-state index in [1.54, 1.807) is 0 Å². The zero-order valence-corrected chi connectivity index (χ0v) is 9.59. The zero-order valence-electron chi connectivity index (χ0n) is 9.59. The molecule has 0 spiro atoms. The molecule has 0 nitrogen and oxygen atoms in total. The molecule has 0 N–H and O–H groups in total. The van der Waals surface area contributed by atoms with Gasteiger partial charge in [0, 0.05) is 0 Å². The summed E-state index contributed by atoms with van der Waals surface area (Å²) in [6.07, 6.45) is 8.07. The maximum Gasteiger partial charge on any atom is -0.00325 e. The summed E-state index contributed by atoms with van der Waals surface area (Å²) >= 11 is 0. The van der Waals surface area contributed by atoms with Gasteiger partial charge < -0.3 is 0 Å². The first kappa shape index (κ1) is 10.6. The van der Waals surface area contributed by atoms with Crippen LogP contribution in [0.5, 0.6) is 0 Å². The molecule has 13 heavy (non-hydrogen) atoms. The maximum atomic E-state index is 2.39. The van der Waals surface area contributed by atoms with E-state index in [2.05, 4.69) is 52.8 Å². The second kappa shape index (κ2) is 3.69. The topological polar surface area (TPSA) is 0 Å². The summed E-state index contributed by atoms with van der Waals surface area (Å²) in [4.78, 5) is 0. The van der Waals surface area contributed by atoms with Crippen molar-refractivity contribution in [1.29, 1.82) is 0 Å². The van der Waals surface area contributed by atoms with Crippen molar-refractivity contribution >= 4 is 0 Å². The lowest BCUT2D eigenvalue weighted by Crippen LogP contribution is -2.30. The highest BCUT2D eigenvalue weighted by atomic mass is 14.4. The fraction of sp³-hybridized carbons (Fsp3) is 0.692. The van der Waals surface area contributed by atoms with Crippen LogP contribution in [0.3, 0.4) is 0 Å². The highest BCUT2D eigenvalue weighted by Crippen LogP contribution is 2.44. The van der Waals surface area contributed by atoms with Crippen LogP contribution in [-0.4, -0.2) is 0 Å². The maximum absolute atomic E-state index is 2.39. The molecule has 0 fully saturated rings. The van der Waals surface area contributed by atoms with Crippen molar-refractivity contribution in [1.82, 2.24) is 0 Å². The van der Waals surface area contributed by atoms with Gasteiger partial charge in [-0.15, -0.1) is 0 Å². The van der Waals surface area contributed by atoms with Crippen LogP contribution in [0, 0.1) is 17.3 Å². The fourth-order valence-corrected chi connectivity index (χ4v) is 2.19. The van der Waals surface area contributed by atoms with Gasteiger partial charge >= 0.3 is 0 Å². The molecule has 0 atom stereocenters. The Hall–Kier alpha value is -0.520. The molecule has 0 unspecified atom stereocenters. The summed E-state index contributed by atoms with van der Waals surface area (Å²) in [5.41, 5.74) is 1.89. The van der Waals surface area contributed by atoms with Crippen LogP contribution in [0.2, 0.25) is 0 Å². The predicted molar refractivity (Wildman–Crippen MR) is 59.6 cm³/mol. The largest absolute Gasteiger partial charge is 0.0804 e. The number of rotatable bonds is 3. The SMILES string of the molecule is CC(C)C(C)(C1=CCC=C1)C(C)C. The minimum absolute atomic E-state index is 0.354. The Morgan fingerprint density at radius 3 is 2.00 bits per heavy atom. The highest BCUT2D eigenvalue weighted by molar-refractivity contribution is 5.33. The second-order valence-corrected chi connectivity index (χ2v) is 4.89.